The molecule has 0 saturated carbocycles. The van der Waals surface area contributed by atoms with Gasteiger partial charge in [-0.25, -0.2) is 8.78 Å². The minimum absolute atomic E-state index is 0.0414. The molecule has 3 rings (SSSR count). The van der Waals surface area contributed by atoms with Crippen molar-refractivity contribution >= 4 is 23.2 Å². The summed E-state index contributed by atoms with van der Waals surface area (Å²) in [5, 5.41) is 8.11. The molecule has 0 aromatic heterocycles. The summed E-state index contributed by atoms with van der Waals surface area (Å²) in [6.45, 7) is 6.42. The van der Waals surface area contributed by atoms with Crippen molar-refractivity contribution < 1.29 is 18.4 Å². The second kappa shape index (κ2) is 8.75. The van der Waals surface area contributed by atoms with Gasteiger partial charge in [0.25, 0.3) is 0 Å². The number of carbonyl (C=O) groups excluding carboxylic acids is 2. The van der Waals surface area contributed by atoms with Crippen LogP contribution in [-0.4, -0.2) is 44.0 Å². The van der Waals surface area contributed by atoms with E-state index in [1.165, 1.54) is 12.1 Å². The van der Waals surface area contributed by atoms with Crippen molar-refractivity contribution in [3.8, 4) is 0 Å². The minimum atomic E-state index is -0.670. The van der Waals surface area contributed by atoms with Gasteiger partial charge in [0, 0.05) is 38.3 Å². The molecule has 3 N–H and O–H groups in total. The van der Waals surface area contributed by atoms with Gasteiger partial charge in [-0.2, -0.15) is 0 Å². The lowest BCUT2D eigenvalue weighted by molar-refractivity contribution is -0.133. The summed E-state index contributed by atoms with van der Waals surface area (Å²) in [7, 11) is 0. The predicted octanol–water partition coefficient (Wildman–Crippen LogP) is 1.62. The maximum absolute atomic E-state index is 14.3. The fourth-order valence-electron chi connectivity index (χ4n) is 2.87. The van der Waals surface area contributed by atoms with E-state index in [1.807, 2.05) is 13.8 Å². The van der Waals surface area contributed by atoms with Crippen LogP contribution in [0.15, 0.2) is 12.1 Å². The van der Waals surface area contributed by atoms with Crippen molar-refractivity contribution in [1.29, 1.82) is 0 Å². The maximum atomic E-state index is 14.3. The normalized spacial score (nSPS) is 20.5. The molecule has 138 valence electrons. The third-order valence-electron chi connectivity index (χ3n) is 4.03. The number of nitrogens with one attached hydrogen (secondary N) is 3. The number of piperazine rings is 1. The minimum Gasteiger partial charge on any atom is -0.373 e. The second-order valence-corrected chi connectivity index (χ2v) is 5.67. The van der Waals surface area contributed by atoms with Crippen molar-refractivity contribution in [1.82, 2.24) is 10.6 Å². The molecule has 2 amide bonds. The molecule has 1 unspecified atom stereocenters. The molecule has 2 fully saturated rings. The summed E-state index contributed by atoms with van der Waals surface area (Å²) in [6.07, 6.45) is 0.501. The third-order valence-corrected chi connectivity index (χ3v) is 4.03. The summed E-state index contributed by atoms with van der Waals surface area (Å²) in [6, 6.07) is 1.70. The Hall–Kier alpha value is -2.22. The molecular weight excluding hydrogens is 330 g/mol. The van der Waals surface area contributed by atoms with Crippen molar-refractivity contribution in [2.24, 2.45) is 0 Å². The third kappa shape index (κ3) is 4.66. The van der Waals surface area contributed by atoms with Crippen molar-refractivity contribution in [3.63, 3.8) is 0 Å². The van der Waals surface area contributed by atoms with E-state index in [2.05, 4.69) is 16.0 Å². The first kappa shape index (κ1) is 19.1. The Balaban J connectivity index is 0.00000109. The Kier molecular flexibility index (Phi) is 6.69. The summed E-state index contributed by atoms with van der Waals surface area (Å²) >= 11 is 0. The number of piperidine rings is 1. The van der Waals surface area contributed by atoms with Crippen LogP contribution < -0.4 is 20.9 Å². The Morgan fingerprint density at radius 1 is 1.12 bits per heavy atom. The van der Waals surface area contributed by atoms with Gasteiger partial charge in [-0.15, -0.1) is 0 Å². The second-order valence-electron chi connectivity index (χ2n) is 5.67. The average Bonchev–Trinajstić information content (AvgIpc) is 2.60. The van der Waals surface area contributed by atoms with Gasteiger partial charge in [0.15, 0.2) is 11.6 Å². The van der Waals surface area contributed by atoms with Gasteiger partial charge in [-0.3, -0.25) is 14.9 Å². The number of benzene rings is 1. The molecule has 1 aromatic rings. The Morgan fingerprint density at radius 2 is 1.72 bits per heavy atom. The van der Waals surface area contributed by atoms with Crippen LogP contribution in [0.2, 0.25) is 0 Å². The molecule has 1 atom stereocenters. The van der Waals surface area contributed by atoms with Crippen LogP contribution in [0.4, 0.5) is 20.2 Å². The summed E-state index contributed by atoms with van der Waals surface area (Å²) < 4.78 is 28.6. The molecule has 0 aliphatic carbocycles. The van der Waals surface area contributed by atoms with Gasteiger partial charge in [-0.05, 0) is 18.6 Å². The van der Waals surface area contributed by atoms with E-state index >= 15 is 0 Å². The number of imide groups is 1. The molecule has 0 spiro atoms. The molecule has 25 heavy (non-hydrogen) atoms. The molecule has 8 heteroatoms. The molecule has 2 aliphatic rings. The monoisotopic (exact) mass is 354 g/mol. The topological polar surface area (TPSA) is 73.5 Å². The van der Waals surface area contributed by atoms with Gasteiger partial charge in [0.2, 0.25) is 11.8 Å². The van der Waals surface area contributed by atoms with Gasteiger partial charge in [-0.1, -0.05) is 13.8 Å². The highest BCUT2D eigenvalue weighted by Gasteiger charge is 2.27. The first-order valence-electron chi connectivity index (χ1n) is 8.59. The Bertz CT molecular complexity index is 610. The number of hydrogen-bond donors (Lipinski definition) is 3. The number of halogens is 2. The van der Waals surface area contributed by atoms with E-state index in [9.17, 15) is 18.4 Å². The van der Waals surface area contributed by atoms with Crippen LogP contribution in [0.3, 0.4) is 0 Å². The maximum Gasteiger partial charge on any atom is 0.249 e. The van der Waals surface area contributed by atoms with Crippen molar-refractivity contribution in [3.05, 3.63) is 23.8 Å². The fourth-order valence-corrected chi connectivity index (χ4v) is 2.87. The number of rotatable bonds is 3. The predicted molar refractivity (Wildman–Crippen MR) is 92.6 cm³/mol. The van der Waals surface area contributed by atoms with Crippen molar-refractivity contribution in [2.75, 3.05) is 36.4 Å². The highest BCUT2D eigenvalue weighted by molar-refractivity contribution is 6.01. The Morgan fingerprint density at radius 3 is 2.28 bits per heavy atom. The molecule has 2 heterocycles. The van der Waals surface area contributed by atoms with Gasteiger partial charge in [0.05, 0.1) is 0 Å². The summed E-state index contributed by atoms with van der Waals surface area (Å²) in [4.78, 5) is 24.5. The summed E-state index contributed by atoms with van der Waals surface area (Å²) in [5.74, 6) is -2.14. The standard InChI is InChI=1S/C15H18F2N4O2.C2H6/c16-10-7-9(19-12-1-2-13(22)20-15(12)23)8-11(17)14(10)21-5-3-18-4-6-21;1-2/h7-8,12,18-19H,1-6H2,(H,20,22,23);1-2H3. The van der Waals surface area contributed by atoms with E-state index in [0.717, 1.165) is 0 Å². The zero-order valence-corrected chi connectivity index (χ0v) is 14.5. The zero-order chi connectivity index (χ0) is 18.4. The van der Waals surface area contributed by atoms with E-state index < -0.39 is 23.6 Å². The van der Waals surface area contributed by atoms with E-state index in [-0.39, 0.29) is 23.7 Å². The molecule has 1 aromatic carbocycles. The lowest BCUT2D eigenvalue weighted by atomic mass is 10.1. The Labute approximate surface area is 146 Å². The average molecular weight is 354 g/mol. The SMILES string of the molecule is CC.O=C1CCC(Nc2cc(F)c(N3CCNCC3)c(F)c2)C(=O)N1. The van der Waals surface area contributed by atoms with Crippen LogP contribution in [-0.2, 0) is 9.59 Å². The lowest BCUT2D eigenvalue weighted by Crippen LogP contribution is -2.47. The number of nitrogens with zero attached hydrogens (tertiary/aromatic N) is 1. The van der Waals surface area contributed by atoms with Gasteiger partial charge in [0.1, 0.15) is 11.7 Å². The number of carbonyl (C=O) groups is 2. The lowest BCUT2D eigenvalue weighted by Gasteiger charge is -2.30. The number of amides is 2. The molecule has 2 saturated heterocycles. The zero-order valence-electron chi connectivity index (χ0n) is 14.5. The van der Waals surface area contributed by atoms with Gasteiger partial charge < -0.3 is 15.5 Å². The molecule has 0 bridgehead atoms. The molecule has 0 radical (unpaired) electrons. The van der Waals surface area contributed by atoms with E-state index in [4.69, 9.17) is 0 Å². The van der Waals surface area contributed by atoms with Crippen LogP contribution >= 0.6 is 0 Å². The molecule has 6 nitrogen and oxygen atoms in total. The quantitative estimate of drug-likeness (QED) is 0.720. The van der Waals surface area contributed by atoms with Gasteiger partial charge >= 0.3 is 0 Å². The van der Waals surface area contributed by atoms with Crippen LogP contribution in [0.25, 0.3) is 0 Å². The highest BCUT2D eigenvalue weighted by Crippen LogP contribution is 2.28. The van der Waals surface area contributed by atoms with E-state index in [0.29, 0.717) is 32.6 Å². The van der Waals surface area contributed by atoms with E-state index in [1.54, 1.807) is 4.90 Å². The van der Waals surface area contributed by atoms with Crippen LogP contribution in [0.5, 0.6) is 0 Å². The fraction of sp³-hybridized carbons (Fsp3) is 0.529. The van der Waals surface area contributed by atoms with Crippen molar-refractivity contribution in [2.45, 2.75) is 32.7 Å². The molecule has 2 aliphatic heterocycles. The smallest absolute Gasteiger partial charge is 0.249 e. The largest absolute Gasteiger partial charge is 0.373 e. The highest BCUT2D eigenvalue weighted by atomic mass is 19.1. The molecular formula is C17H24F2N4O2. The summed E-state index contributed by atoms with van der Waals surface area (Å²) in [5.41, 5.74) is 0.147. The first-order valence-corrected chi connectivity index (χ1v) is 8.59. The number of hydrogen-bond acceptors (Lipinski definition) is 5. The number of anilines is 2. The van der Waals surface area contributed by atoms with Crippen LogP contribution in [0.1, 0.15) is 26.7 Å². The van der Waals surface area contributed by atoms with Crippen LogP contribution in [0, 0.1) is 11.6 Å². The first-order chi connectivity index (χ1) is 12.0.